The van der Waals surface area contributed by atoms with Gasteiger partial charge in [-0.25, -0.2) is 0 Å². The van der Waals surface area contributed by atoms with Crippen LogP contribution in [-0.2, 0) is 16.0 Å². The quantitative estimate of drug-likeness (QED) is 0.907. The fourth-order valence-electron chi connectivity index (χ4n) is 3.39. The van der Waals surface area contributed by atoms with E-state index in [1.807, 2.05) is 36.1 Å². The number of aromatic amines is 1. The highest BCUT2D eigenvalue weighted by Gasteiger charge is 2.28. The molecule has 1 amide bonds. The van der Waals surface area contributed by atoms with Crippen LogP contribution in [0.2, 0.25) is 0 Å². The topological polar surface area (TPSA) is 65.6 Å². The number of aliphatic hydroxyl groups excluding tert-OH is 1. The molecule has 23 heavy (non-hydrogen) atoms. The Morgan fingerprint density at radius 3 is 3.04 bits per heavy atom. The summed E-state index contributed by atoms with van der Waals surface area (Å²) in [6.45, 7) is 5.42. The zero-order chi connectivity index (χ0) is 16.4. The van der Waals surface area contributed by atoms with Gasteiger partial charge in [-0.05, 0) is 31.9 Å². The number of fused-ring (bicyclic) bond motifs is 1. The Morgan fingerprint density at radius 1 is 1.48 bits per heavy atom. The van der Waals surface area contributed by atoms with E-state index in [-0.39, 0.29) is 11.9 Å². The van der Waals surface area contributed by atoms with Crippen molar-refractivity contribution in [1.29, 1.82) is 0 Å². The number of nitrogens with one attached hydrogen (secondary N) is 1. The Hall–Kier alpha value is -1.85. The molecule has 1 aliphatic rings. The van der Waals surface area contributed by atoms with Gasteiger partial charge in [0, 0.05) is 23.1 Å². The van der Waals surface area contributed by atoms with Crippen LogP contribution in [0.5, 0.6) is 0 Å². The third-order valence-corrected chi connectivity index (χ3v) is 4.52. The SMILES string of the molecule is Cc1[nH]c2ccccc2c1CC(=O)N1CCOCC1CC(C)O. The molecule has 2 atom stereocenters. The normalized spacial score (nSPS) is 20.0. The number of carbonyl (C=O) groups is 1. The van der Waals surface area contributed by atoms with Crippen molar-refractivity contribution in [2.24, 2.45) is 0 Å². The number of aliphatic hydroxyl groups is 1. The van der Waals surface area contributed by atoms with Crippen molar-refractivity contribution in [1.82, 2.24) is 9.88 Å². The molecule has 5 heteroatoms. The first-order valence-electron chi connectivity index (χ1n) is 8.17. The van der Waals surface area contributed by atoms with Gasteiger partial charge in [-0.1, -0.05) is 18.2 Å². The largest absolute Gasteiger partial charge is 0.393 e. The Kier molecular flexibility index (Phi) is 4.68. The maximum Gasteiger partial charge on any atom is 0.227 e. The van der Waals surface area contributed by atoms with Crippen LogP contribution in [0.15, 0.2) is 24.3 Å². The van der Waals surface area contributed by atoms with Crippen LogP contribution in [0, 0.1) is 6.92 Å². The number of aromatic nitrogens is 1. The number of ether oxygens (including phenoxy) is 1. The number of hydrogen-bond donors (Lipinski definition) is 2. The zero-order valence-electron chi connectivity index (χ0n) is 13.7. The molecule has 0 spiro atoms. The number of aryl methyl sites for hydroxylation is 1. The highest BCUT2D eigenvalue weighted by atomic mass is 16.5. The van der Waals surface area contributed by atoms with Gasteiger partial charge in [0.05, 0.1) is 31.8 Å². The Balaban J connectivity index is 1.80. The lowest BCUT2D eigenvalue weighted by atomic mass is 10.0. The van der Waals surface area contributed by atoms with E-state index < -0.39 is 6.10 Å². The number of morpholine rings is 1. The van der Waals surface area contributed by atoms with Gasteiger partial charge in [0.15, 0.2) is 0 Å². The van der Waals surface area contributed by atoms with Crippen molar-refractivity contribution in [2.75, 3.05) is 19.8 Å². The molecule has 2 heterocycles. The first-order chi connectivity index (χ1) is 11.1. The summed E-state index contributed by atoms with van der Waals surface area (Å²) in [4.78, 5) is 18.0. The summed E-state index contributed by atoms with van der Waals surface area (Å²) in [5, 5.41) is 10.8. The molecule has 0 radical (unpaired) electrons. The lowest BCUT2D eigenvalue weighted by Gasteiger charge is -2.36. The third kappa shape index (κ3) is 3.41. The molecule has 0 aliphatic carbocycles. The van der Waals surface area contributed by atoms with Gasteiger partial charge in [0.25, 0.3) is 0 Å². The number of amides is 1. The second-order valence-electron chi connectivity index (χ2n) is 6.35. The minimum absolute atomic E-state index is 0.0400. The predicted molar refractivity (Wildman–Crippen MR) is 89.4 cm³/mol. The molecule has 0 bridgehead atoms. The summed E-state index contributed by atoms with van der Waals surface area (Å²) < 4.78 is 5.48. The van der Waals surface area contributed by atoms with Crippen LogP contribution in [-0.4, -0.2) is 52.8 Å². The molecule has 1 saturated heterocycles. The number of para-hydroxylation sites is 1. The maximum absolute atomic E-state index is 12.8. The van der Waals surface area contributed by atoms with Gasteiger partial charge in [-0.3, -0.25) is 4.79 Å². The van der Waals surface area contributed by atoms with E-state index in [0.717, 1.165) is 22.2 Å². The number of nitrogens with zero attached hydrogens (tertiary/aromatic N) is 1. The van der Waals surface area contributed by atoms with E-state index in [9.17, 15) is 9.90 Å². The second-order valence-corrected chi connectivity index (χ2v) is 6.35. The smallest absolute Gasteiger partial charge is 0.227 e. The van der Waals surface area contributed by atoms with Crippen LogP contribution in [0.1, 0.15) is 24.6 Å². The first kappa shape index (κ1) is 16.0. The van der Waals surface area contributed by atoms with E-state index in [1.165, 1.54) is 0 Å². The van der Waals surface area contributed by atoms with E-state index in [1.54, 1.807) is 6.92 Å². The van der Waals surface area contributed by atoms with Crippen LogP contribution < -0.4 is 0 Å². The molecular formula is C18H24N2O3. The molecule has 3 rings (SSSR count). The van der Waals surface area contributed by atoms with E-state index in [0.29, 0.717) is 32.6 Å². The summed E-state index contributed by atoms with van der Waals surface area (Å²) in [6, 6.07) is 8.02. The molecule has 1 aromatic heterocycles. The first-order valence-corrected chi connectivity index (χ1v) is 8.17. The Bertz CT molecular complexity index is 693. The fourth-order valence-corrected chi connectivity index (χ4v) is 3.39. The molecule has 1 fully saturated rings. The minimum Gasteiger partial charge on any atom is -0.393 e. The summed E-state index contributed by atoms with van der Waals surface area (Å²) in [7, 11) is 0. The number of H-pyrrole nitrogens is 1. The van der Waals surface area contributed by atoms with E-state index >= 15 is 0 Å². The molecule has 2 N–H and O–H groups in total. The van der Waals surface area contributed by atoms with E-state index in [2.05, 4.69) is 4.98 Å². The standard InChI is InChI=1S/C18H24N2O3/c1-12(21)9-14-11-23-8-7-20(14)18(22)10-16-13(2)19-17-6-4-3-5-15(16)17/h3-6,12,14,19,21H,7-11H2,1-2H3. The molecule has 2 unspecified atom stereocenters. The maximum atomic E-state index is 12.8. The predicted octanol–water partition coefficient (Wildman–Crippen LogP) is 2.02. The average molecular weight is 316 g/mol. The van der Waals surface area contributed by atoms with Gasteiger partial charge < -0.3 is 19.7 Å². The monoisotopic (exact) mass is 316 g/mol. The van der Waals surface area contributed by atoms with Crippen molar-refractivity contribution in [2.45, 2.75) is 38.8 Å². The zero-order valence-corrected chi connectivity index (χ0v) is 13.7. The summed E-state index contributed by atoms with van der Waals surface area (Å²) in [5.41, 5.74) is 3.17. The van der Waals surface area contributed by atoms with Gasteiger partial charge in [-0.2, -0.15) is 0 Å². The molecule has 1 aromatic carbocycles. The Morgan fingerprint density at radius 2 is 2.26 bits per heavy atom. The molecule has 0 saturated carbocycles. The number of hydrogen-bond acceptors (Lipinski definition) is 3. The summed E-state index contributed by atoms with van der Waals surface area (Å²) in [6.07, 6.45) is 0.497. The van der Waals surface area contributed by atoms with Gasteiger partial charge in [0.1, 0.15) is 0 Å². The fraction of sp³-hybridized carbons (Fsp3) is 0.500. The Labute approximate surface area is 136 Å². The van der Waals surface area contributed by atoms with Crippen molar-refractivity contribution in [3.05, 3.63) is 35.5 Å². The molecule has 1 aliphatic heterocycles. The number of carbonyl (C=O) groups excluding carboxylic acids is 1. The van der Waals surface area contributed by atoms with Crippen LogP contribution in [0.25, 0.3) is 10.9 Å². The van der Waals surface area contributed by atoms with Crippen molar-refractivity contribution >= 4 is 16.8 Å². The van der Waals surface area contributed by atoms with Crippen molar-refractivity contribution in [3.8, 4) is 0 Å². The molecule has 2 aromatic rings. The molecule has 124 valence electrons. The van der Waals surface area contributed by atoms with Crippen LogP contribution >= 0.6 is 0 Å². The van der Waals surface area contributed by atoms with Gasteiger partial charge in [0.2, 0.25) is 5.91 Å². The van der Waals surface area contributed by atoms with Crippen LogP contribution in [0.4, 0.5) is 0 Å². The second kappa shape index (κ2) is 6.72. The van der Waals surface area contributed by atoms with Crippen LogP contribution in [0.3, 0.4) is 0 Å². The molecular weight excluding hydrogens is 292 g/mol. The molecule has 5 nitrogen and oxygen atoms in total. The third-order valence-electron chi connectivity index (χ3n) is 4.52. The number of rotatable bonds is 4. The summed E-state index contributed by atoms with van der Waals surface area (Å²) >= 11 is 0. The van der Waals surface area contributed by atoms with Gasteiger partial charge in [-0.15, -0.1) is 0 Å². The van der Waals surface area contributed by atoms with Crippen molar-refractivity contribution < 1.29 is 14.6 Å². The lowest BCUT2D eigenvalue weighted by Crippen LogP contribution is -2.50. The highest BCUT2D eigenvalue weighted by Crippen LogP contribution is 2.24. The average Bonchev–Trinajstić information content (AvgIpc) is 2.83. The minimum atomic E-state index is -0.438. The highest BCUT2D eigenvalue weighted by molar-refractivity contribution is 5.90. The van der Waals surface area contributed by atoms with E-state index in [4.69, 9.17) is 4.74 Å². The number of benzene rings is 1. The van der Waals surface area contributed by atoms with Gasteiger partial charge >= 0.3 is 0 Å². The summed E-state index contributed by atoms with van der Waals surface area (Å²) in [5.74, 6) is 0.104. The lowest BCUT2D eigenvalue weighted by molar-refractivity contribution is -0.140. The van der Waals surface area contributed by atoms with Crippen molar-refractivity contribution in [3.63, 3.8) is 0 Å².